The van der Waals surface area contributed by atoms with Crippen LogP contribution in [0.4, 0.5) is 0 Å². The Morgan fingerprint density at radius 1 is 1.67 bits per heavy atom. The van der Waals surface area contributed by atoms with E-state index in [1.165, 1.54) is 0 Å². The van der Waals surface area contributed by atoms with E-state index < -0.39 is 0 Å². The summed E-state index contributed by atoms with van der Waals surface area (Å²) in [6, 6.07) is 1.96. The molecule has 0 amide bonds. The number of nitrogens with zero attached hydrogens (tertiary/aromatic N) is 2. The fourth-order valence-electron chi connectivity index (χ4n) is 1.16. The molecule has 0 saturated carbocycles. The Morgan fingerprint density at radius 3 is 3.00 bits per heavy atom. The first-order valence-electron chi connectivity index (χ1n) is 4.24. The van der Waals surface area contributed by atoms with Gasteiger partial charge in [-0.05, 0) is 26.3 Å². The van der Waals surface area contributed by atoms with E-state index in [1.54, 1.807) is 13.1 Å². The van der Waals surface area contributed by atoms with Gasteiger partial charge in [0, 0.05) is 24.9 Å². The molecule has 0 spiro atoms. The van der Waals surface area contributed by atoms with E-state index in [1.807, 2.05) is 17.7 Å². The van der Waals surface area contributed by atoms with E-state index in [9.17, 15) is 4.79 Å². The average molecular weight is 166 g/mol. The molecule has 0 N–H and O–H groups in total. The summed E-state index contributed by atoms with van der Waals surface area (Å²) < 4.78 is 1.92. The molecule has 0 fully saturated rings. The van der Waals surface area contributed by atoms with Gasteiger partial charge in [-0.3, -0.25) is 4.68 Å². The van der Waals surface area contributed by atoms with Gasteiger partial charge in [-0.15, -0.1) is 0 Å². The topological polar surface area (TPSA) is 34.9 Å². The Bertz CT molecular complexity index is 265. The molecule has 1 rings (SSSR count). The second kappa shape index (κ2) is 4.04. The Morgan fingerprint density at radius 2 is 2.42 bits per heavy atom. The van der Waals surface area contributed by atoms with Crippen LogP contribution in [0.5, 0.6) is 0 Å². The van der Waals surface area contributed by atoms with Gasteiger partial charge in [0.05, 0.1) is 0 Å². The van der Waals surface area contributed by atoms with Crippen LogP contribution in [0.1, 0.15) is 26.0 Å². The molecule has 1 aromatic heterocycles. The van der Waals surface area contributed by atoms with E-state index in [2.05, 4.69) is 5.10 Å². The van der Waals surface area contributed by atoms with Crippen molar-refractivity contribution in [3.63, 3.8) is 0 Å². The zero-order chi connectivity index (χ0) is 8.97. The van der Waals surface area contributed by atoms with Gasteiger partial charge in [-0.2, -0.15) is 5.10 Å². The summed E-state index contributed by atoms with van der Waals surface area (Å²) in [7, 11) is 0. The number of Topliss-reactive ketones (excluding diaryl/α,β-unsaturated/α-hetero) is 1. The highest BCUT2D eigenvalue weighted by Crippen LogP contribution is 2.02. The van der Waals surface area contributed by atoms with Crippen LogP contribution >= 0.6 is 0 Å². The smallest absolute Gasteiger partial charge is 0.130 e. The van der Waals surface area contributed by atoms with Gasteiger partial charge in [-0.1, -0.05) is 0 Å². The Kier molecular flexibility index (Phi) is 3.02. The molecule has 12 heavy (non-hydrogen) atoms. The van der Waals surface area contributed by atoms with Crippen molar-refractivity contribution < 1.29 is 4.79 Å². The maximum absolute atomic E-state index is 10.7. The predicted molar refractivity (Wildman–Crippen MR) is 46.9 cm³/mol. The summed E-state index contributed by atoms with van der Waals surface area (Å²) in [5, 5.41) is 4.12. The standard InChI is InChI=1S/C9H14N2O/c1-3-11-9(6-7-10-11)5-4-8(2)12/h6-7H,3-5H2,1-2H3. The van der Waals surface area contributed by atoms with E-state index >= 15 is 0 Å². The van der Waals surface area contributed by atoms with E-state index in [0.717, 1.165) is 18.7 Å². The van der Waals surface area contributed by atoms with E-state index in [-0.39, 0.29) is 5.78 Å². The number of aromatic nitrogens is 2. The number of hydrogen-bond acceptors (Lipinski definition) is 2. The first-order chi connectivity index (χ1) is 5.74. The van der Waals surface area contributed by atoms with Crippen molar-refractivity contribution in [3.8, 4) is 0 Å². The van der Waals surface area contributed by atoms with Crippen molar-refractivity contribution in [2.75, 3.05) is 0 Å². The number of carbonyl (C=O) groups excluding carboxylic acids is 1. The normalized spacial score (nSPS) is 10.2. The van der Waals surface area contributed by atoms with Gasteiger partial charge in [-0.25, -0.2) is 0 Å². The third-order valence-corrected chi connectivity index (χ3v) is 1.84. The van der Waals surface area contributed by atoms with Crippen molar-refractivity contribution in [2.24, 2.45) is 0 Å². The maximum Gasteiger partial charge on any atom is 0.130 e. The molecule has 3 nitrogen and oxygen atoms in total. The van der Waals surface area contributed by atoms with Crippen molar-refractivity contribution in [1.29, 1.82) is 0 Å². The zero-order valence-electron chi connectivity index (χ0n) is 7.58. The van der Waals surface area contributed by atoms with Crippen LogP contribution in [0.3, 0.4) is 0 Å². The predicted octanol–water partition coefficient (Wildman–Crippen LogP) is 1.42. The van der Waals surface area contributed by atoms with Crippen LogP contribution in [-0.2, 0) is 17.8 Å². The molecule has 0 aliphatic rings. The molecule has 1 aromatic rings. The highest BCUT2D eigenvalue weighted by molar-refractivity contribution is 5.75. The molecule has 3 heteroatoms. The summed E-state index contributed by atoms with van der Waals surface area (Å²) in [4.78, 5) is 10.7. The third kappa shape index (κ3) is 2.19. The lowest BCUT2D eigenvalue weighted by Crippen LogP contribution is -2.04. The van der Waals surface area contributed by atoms with Crippen LogP contribution < -0.4 is 0 Å². The second-order valence-corrected chi connectivity index (χ2v) is 2.84. The molecule has 0 aromatic carbocycles. The molecule has 0 atom stereocenters. The van der Waals surface area contributed by atoms with Crippen LogP contribution in [0.15, 0.2) is 12.3 Å². The van der Waals surface area contributed by atoms with E-state index in [4.69, 9.17) is 0 Å². The van der Waals surface area contributed by atoms with Crippen LogP contribution in [-0.4, -0.2) is 15.6 Å². The molecule has 0 unspecified atom stereocenters. The lowest BCUT2D eigenvalue weighted by Gasteiger charge is -2.01. The van der Waals surface area contributed by atoms with Gasteiger partial charge >= 0.3 is 0 Å². The van der Waals surface area contributed by atoms with Gasteiger partial charge in [0.15, 0.2) is 0 Å². The third-order valence-electron chi connectivity index (χ3n) is 1.84. The molecule has 0 saturated heterocycles. The SMILES string of the molecule is CCn1nccc1CCC(C)=O. The quantitative estimate of drug-likeness (QED) is 0.678. The largest absolute Gasteiger partial charge is 0.300 e. The minimum Gasteiger partial charge on any atom is -0.300 e. The van der Waals surface area contributed by atoms with E-state index in [0.29, 0.717) is 6.42 Å². The summed E-state index contributed by atoms with van der Waals surface area (Å²) in [5.74, 6) is 0.235. The molecule has 0 aliphatic carbocycles. The van der Waals surface area contributed by atoms with Gasteiger partial charge < -0.3 is 4.79 Å². The first-order valence-corrected chi connectivity index (χ1v) is 4.24. The zero-order valence-corrected chi connectivity index (χ0v) is 7.58. The average Bonchev–Trinajstić information content (AvgIpc) is 2.47. The monoisotopic (exact) mass is 166 g/mol. The number of carbonyl (C=O) groups is 1. The maximum atomic E-state index is 10.7. The summed E-state index contributed by atoms with van der Waals surface area (Å²) in [5.41, 5.74) is 1.15. The van der Waals surface area contributed by atoms with Gasteiger partial charge in [0.1, 0.15) is 5.78 Å². The number of hydrogen-bond donors (Lipinski definition) is 0. The van der Waals surface area contributed by atoms with Crippen LogP contribution in [0.25, 0.3) is 0 Å². The van der Waals surface area contributed by atoms with Gasteiger partial charge in [0.2, 0.25) is 0 Å². The number of ketones is 1. The summed E-state index contributed by atoms with van der Waals surface area (Å²) in [6.45, 7) is 4.54. The van der Waals surface area contributed by atoms with Crippen molar-refractivity contribution in [3.05, 3.63) is 18.0 Å². The van der Waals surface area contributed by atoms with Crippen molar-refractivity contribution >= 4 is 5.78 Å². The minimum absolute atomic E-state index is 0.235. The lowest BCUT2D eigenvalue weighted by atomic mass is 10.2. The number of rotatable bonds is 4. The number of aryl methyl sites for hydroxylation is 2. The fourth-order valence-corrected chi connectivity index (χ4v) is 1.16. The minimum atomic E-state index is 0.235. The lowest BCUT2D eigenvalue weighted by molar-refractivity contribution is -0.117. The van der Waals surface area contributed by atoms with Crippen molar-refractivity contribution in [1.82, 2.24) is 9.78 Å². The molecule has 0 aliphatic heterocycles. The molecular formula is C9H14N2O. The highest BCUT2D eigenvalue weighted by Gasteiger charge is 2.01. The summed E-state index contributed by atoms with van der Waals surface area (Å²) in [6.07, 6.45) is 3.20. The molecule has 1 heterocycles. The summed E-state index contributed by atoms with van der Waals surface area (Å²) >= 11 is 0. The molecular weight excluding hydrogens is 152 g/mol. The molecule has 66 valence electrons. The Labute approximate surface area is 72.4 Å². The van der Waals surface area contributed by atoms with Crippen molar-refractivity contribution in [2.45, 2.75) is 33.2 Å². The molecule has 0 radical (unpaired) electrons. The van der Waals surface area contributed by atoms with Crippen LogP contribution in [0, 0.1) is 0 Å². The Balaban J connectivity index is 2.56. The molecule has 0 bridgehead atoms. The fraction of sp³-hybridized carbons (Fsp3) is 0.556. The first kappa shape index (κ1) is 8.97. The van der Waals surface area contributed by atoms with Crippen LogP contribution in [0.2, 0.25) is 0 Å². The second-order valence-electron chi connectivity index (χ2n) is 2.84. The Hall–Kier alpha value is -1.12. The highest BCUT2D eigenvalue weighted by atomic mass is 16.1. The van der Waals surface area contributed by atoms with Gasteiger partial charge in [0.25, 0.3) is 0 Å².